The highest BCUT2D eigenvalue weighted by Crippen LogP contribution is 2.03. The molecule has 0 saturated heterocycles. The maximum atomic E-state index is 4.81. The van der Waals surface area contributed by atoms with Gasteiger partial charge in [-0.1, -0.05) is 34.8 Å². The minimum absolute atomic E-state index is 0. The van der Waals surface area contributed by atoms with Gasteiger partial charge in [-0.05, 0) is 0 Å². The molecule has 0 aromatic heterocycles. The van der Waals surface area contributed by atoms with Gasteiger partial charge in [0.2, 0.25) is 0 Å². The lowest BCUT2D eigenvalue weighted by Crippen LogP contribution is -1.55. The lowest BCUT2D eigenvalue weighted by Gasteiger charge is -1.69. The summed E-state index contributed by atoms with van der Waals surface area (Å²) in [6, 6.07) is 0. The van der Waals surface area contributed by atoms with Crippen molar-refractivity contribution in [2.45, 2.75) is 4.30 Å². The molecule has 4 heteroatoms. The van der Waals surface area contributed by atoms with E-state index in [2.05, 4.69) is 0 Å². The summed E-state index contributed by atoms with van der Waals surface area (Å²) in [7, 11) is 0. The summed E-state index contributed by atoms with van der Waals surface area (Å²) in [5, 5.41) is 0. The third-order valence-electron chi connectivity index (χ3n) is 0. The quantitative estimate of drug-likeness (QED) is 0.354. The molecule has 0 aliphatic carbocycles. The third kappa shape index (κ3) is 27.8. The number of hydrogen-bond donors (Lipinski definition) is 0. The summed E-state index contributed by atoms with van der Waals surface area (Å²) in [5.41, 5.74) is 0. The molecule has 0 N–H and O–H groups in total. The topological polar surface area (TPSA) is 0 Å². The van der Waals surface area contributed by atoms with Gasteiger partial charge in [-0.25, -0.2) is 0 Å². The van der Waals surface area contributed by atoms with Crippen LogP contribution in [0, 0.1) is 0 Å². The molecule has 0 rings (SSSR count). The Labute approximate surface area is 61.9 Å². The molecule has 0 spiro atoms. The van der Waals surface area contributed by atoms with E-state index in [1.165, 1.54) is 0 Å². The average Bonchev–Trinajstić information content (AvgIpc) is 0.811. The van der Waals surface area contributed by atoms with Gasteiger partial charge >= 0.3 is 23.1 Å². The first-order valence-corrected chi connectivity index (χ1v) is 1.96. The average molecular weight is 146 g/mol. The Bertz CT molecular complexity index is 11.6. The zero-order chi connectivity index (χ0) is 3.58. The molecule has 0 aromatic rings. The van der Waals surface area contributed by atoms with Gasteiger partial charge in [0.1, 0.15) is 0 Å². The zero-order valence-corrected chi connectivity index (χ0v) is 3.98. The third-order valence-corrected chi connectivity index (χ3v) is 0. The van der Waals surface area contributed by atoms with Gasteiger partial charge in [0.15, 0.2) is 4.30 Å². The van der Waals surface area contributed by atoms with E-state index in [-0.39, 0.29) is 23.1 Å². The maximum absolute atomic E-state index is 4.81. The number of halogens is 3. The highest BCUT2D eigenvalue weighted by atomic mass is 35.6. The first kappa shape index (κ1) is 9.81. The number of alkyl halides is 3. The molecule has 5 heavy (non-hydrogen) atoms. The molecule has 0 unspecified atom stereocenters. The molecule has 0 bridgehead atoms. The van der Waals surface area contributed by atoms with Gasteiger partial charge in [-0.3, -0.25) is 0 Å². The van der Waals surface area contributed by atoms with E-state index >= 15 is 0 Å². The van der Waals surface area contributed by atoms with Crippen LogP contribution < -0.4 is 0 Å². The van der Waals surface area contributed by atoms with E-state index in [4.69, 9.17) is 34.8 Å². The second-order valence-electron chi connectivity index (χ2n) is 0.247. The van der Waals surface area contributed by atoms with Crippen LogP contribution in [0.3, 0.4) is 0 Å². The van der Waals surface area contributed by atoms with Gasteiger partial charge in [0.25, 0.3) is 0 Å². The van der Waals surface area contributed by atoms with Crippen LogP contribution in [0.25, 0.3) is 0 Å². The van der Waals surface area contributed by atoms with Crippen molar-refractivity contribution in [3.05, 3.63) is 0 Å². The molecule has 0 aromatic carbocycles. The normalized spacial score (nSPS) is 7.20. The van der Waals surface area contributed by atoms with Crippen LogP contribution in [0.1, 0.15) is 0 Å². The Balaban J connectivity index is 0. The van der Waals surface area contributed by atoms with Gasteiger partial charge in [0, 0.05) is 0 Å². The van der Waals surface area contributed by atoms with Crippen molar-refractivity contribution in [3.8, 4) is 0 Å². The first-order chi connectivity index (χ1) is 1.73. The summed E-state index contributed by atoms with van der Waals surface area (Å²) in [4.78, 5) is 0. The monoisotopic (exact) mass is 144 g/mol. The largest absolute Gasteiger partial charge is 0.316 e. The summed E-state index contributed by atoms with van der Waals surface area (Å²) < 4.78 is -0.750. The molecule has 0 fully saturated rings. The van der Waals surface area contributed by atoms with Crippen molar-refractivity contribution < 1.29 is 0 Å². The minimum atomic E-state index is -0.750. The molecule has 0 heterocycles. The second kappa shape index (κ2) is 5.64. The van der Waals surface area contributed by atoms with E-state index in [9.17, 15) is 0 Å². The summed E-state index contributed by atoms with van der Waals surface area (Å²) in [6.07, 6.45) is 0. The molecule has 0 saturated carbocycles. The maximum Gasteiger partial charge on any atom is 0.316 e. The summed E-state index contributed by atoms with van der Waals surface area (Å²) in [5.74, 6) is 0. The Hall–Kier alpha value is 1.64. The number of hydrogen-bond acceptors (Lipinski definition) is 0. The Morgan fingerprint density at radius 3 is 1.00 bits per heavy atom. The molecule has 0 radical (unpaired) electrons. The fraction of sp³-hybridized carbons (Fsp3) is 1.00. The predicted octanol–water partition coefficient (Wildman–Crippen LogP) is 1.07. The molecule has 0 nitrogen and oxygen atoms in total. The molecule has 0 atom stereocenters. The van der Waals surface area contributed by atoms with E-state index in [1.54, 1.807) is 0 Å². The van der Waals surface area contributed by atoms with Crippen molar-refractivity contribution in [3.63, 3.8) is 0 Å². The van der Waals surface area contributed by atoms with Crippen molar-refractivity contribution >= 4 is 57.9 Å². The molecular formula is CH3Cl3Mg. The summed E-state index contributed by atoms with van der Waals surface area (Å²) >= 11 is 14.4. The SMILES string of the molecule is ClC(Cl)Cl.[MgH2]. The lowest BCUT2D eigenvalue weighted by molar-refractivity contribution is 1.96. The zero-order valence-electron chi connectivity index (χ0n) is 1.71. The minimum Gasteiger partial charge on any atom is -0.0874 e. The molecule has 0 aliphatic rings. The standard InChI is InChI=1S/CHCl3.Mg.2H/c2-1(3)4;;;/h1H;;;. The molecule has 30 valence electrons. The highest BCUT2D eigenvalue weighted by molar-refractivity contribution is 6.63. The second-order valence-corrected chi connectivity index (χ2v) is 2.23. The number of rotatable bonds is 0. The fourth-order valence-corrected chi connectivity index (χ4v) is 0. The van der Waals surface area contributed by atoms with E-state index in [0.29, 0.717) is 0 Å². The Kier molecular flexibility index (Phi) is 11.1. The van der Waals surface area contributed by atoms with Gasteiger partial charge in [-0.2, -0.15) is 0 Å². The van der Waals surface area contributed by atoms with Crippen LogP contribution in [0.15, 0.2) is 0 Å². The van der Waals surface area contributed by atoms with Crippen LogP contribution >= 0.6 is 34.8 Å². The van der Waals surface area contributed by atoms with E-state index in [1.807, 2.05) is 0 Å². The Morgan fingerprint density at radius 2 is 1.00 bits per heavy atom. The van der Waals surface area contributed by atoms with Crippen LogP contribution in [0.2, 0.25) is 0 Å². The van der Waals surface area contributed by atoms with E-state index < -0.39 is 4.30 Å². The smallest absolute Gasteiger partial charge is 0.0874 e. The van der Waals surface area contributed by atoms with Gasteiger partial charge in [-0.15, -0.1) is 0 Å². The lowest BCUT2D eigenvalue weighted by atomic mass is 11.9. The van der Waals surface area contributed by atoms with Crippen molar-refractivity contribution in [2.75, 3.05) is 0 Å². The predicted molar refractivity (Wildman–Crippen MR) is 29.9 cm³/mol. The van der Waals surface area contributed by atoms with Crippen molar-refractivity contribution in [1.82, 2.24) is 0 Å². The van der Waals surface area contributed by atoms with Crippen LogP contribution in [-0.2, 0) is 0 Å². The van der Waals surface area contributed by atoms with Gasteiger partial charge in [0.05, 0.1) is 0 Å². The molecular weight excluding hydrogens is 143 g/mol. The summed E-state index contributed by atoms with van der Waals surface area (Å²) in [6.45, 7) is 0. The Morgan fingerprint density at radius 1 is 1.00 bits per heavy atom. The van der Waals surface area contributed by atoms with Crippen LogP contribution in [0.5, 0.6) is 0 Å². The first-order valence-electron chi connectivity index (χ1n) is 0.655. The fourth-order valence-electron chi connectivity index (χ4n) is 0. The van der Waals surface area contributed by atoms with Crippen molar-refractivity contribution in [1.29, 1.82) is 0 Å². The van der Waals surface area contributed by atoms with Crippen molar-refractivity contribution in [2.24, 2.45) is 0 Å². The molecule has 0 amide bonds. The molecule has 0 aliphatic heterocycles. The van der Waals surface area contributed by atoms with Crippen LogP contribution in [0.4, 0.5) is 0 Å². The van der Waals surface area contributed by atoms with Crippen LogP contribution in [-0.4, -0.2) is 27.3 Å². The highest BCUT2D eigenvalue weighted by Gasteiger charge is 1.78. The van der Waals surface area contributed by atoms with Gasteiger partial charge < -0.3 is 0 Å². The van der Waals surface area contributed by atoms with E-state index in [0.717, 1.165) is 0 Å².